The van der Waals surface area contributed by atoms with Crippen molar-refractivity contribution in [2.24, 2.45) is 11.8 Å². The number of aryl methyl sites for hydroxylation is 1. The maximum atomic E-state index is 13.3. The molecule has 2 aliphatic rings. The van der Waals surface area contributed by atoms with Gasteiger partial charge in [0.1, 0.15) is 12.2 Å². The van der Waals surface area contributed by atoms with Gasteiger partial charge in [0, 0.05) is 18.3 Å². The fraction of sp³-hybridized carbons (Fsp3) is 0.405. The summed E-state index contributed by atoms with van der Waals surface area (Å²) in [7, 11) is -2.05. The number of carbonyl (C=O) groups excluding carboxylic acids is 2. The second-order valence-corrected chi connectivity index (χ2v) is 18.2. The van der Waals surface area contributed by atoms with E-state index in [0.29, 0.717) is 18.4 Å². The summed E-state index contributed by atoms with van der Waals surface area (Å²) in [6, 6.07) is 28.1. The molecule has 1 heterocycles. The molecule has 3 aromatic carbocycles. The zero-order chi connectivity index (χ0) is 30.6. The van der Waals surface area contributed by atoms with Crippen molar-refractivity contribution in [3.63, 3.8) is 0 Å². The zero-order valence-electron chi connectivity index (χ0n) is 26.0. The summed E-state index contributed by atoms with van der Waals surface area (Å²) in [5, 5.41) is 0.0735. The number of ether oxygens (including phenoxy) is 2. The van der Waals surface area contributed by atoms with E-state index >= 15 is 0 Å². The van der Waals surface area contributed by atoms with E-state index in [-0.39, 0.29) is 47.1 Å². The van der Waals surface area contributed by atoms with E-state index in [4.69, 9.17) is 13.9 Å². The first-order valence-electron chi connectivity index (χ1n) is 15.5. The number of rotatable bonds is 10. The highest BCUT2D eigenvalue weighted by molar-refractivity contribution is 6.74. The molecule has 226 valence electrons. The maximum Gasteiger partial charge on any atom is 0.338 e. The van der Waals surface area contributed by atoms with Crippen LogP contribution in [0, 0.1) is 11.8 Å². The van der Waals surface area contributed by atoms with Gasteiger partial charge in [0.15, 0.2) is 8.32 Å². The van der Waals surface area contributed by atoms with Crippen LogP contribution >= 0.6 is 0 Å². The van der Waals surface area contributed by atoms with Crippen LogP contribution in [0.2, 0.25) is 18.1 Å². The lowest BCUT2D eigenvalue weighted by Crippen LogP contribution is -2.43. The lowest BCUT2D eigenvalue weighted by atomic mass is 9.91. The lowest BCUT2D eigenvalue weighted by Gasteiger charge is -2.39. The molecule has 2 fully saturated rings. The molecule has 5 nitrogen and oxygen atoms in total. The highest BCUT2D eigenvalue weighted by Gasteiger charge is 2.51. The van der Waals surface area contributed by atoms with Crippen molar-refractivity contribution in [3.8, 4) is 11.1 Å². The van der Waals surface area contributed by atoms with Gasteiger partial charge in [-0.3, -0.25) is 4.79 Å². The molecule has 3 aromatic rings. The molecule has 0 spiro atoms. The van der Waals surface area contributed by atoms with Crippen LogP contribution in [0.1, 0.15) is 56.0 Å². The van der Waals surface area contributed by atoms with E-state index in [1.807, 2.05) is 60.7 Å². The predicted molar refractivity (Wildman–Crippen MR) is 173 cm³/mol. The molecule has 0 radical (unpaired) electrons. The largest absolute Gasteiger partial charge is 0.462 e. The van der Waals surface area contributed by atoms with Crippen LogP contribution < -0.4 is 0 Å². The van der Waals surface area contributed by atoms with E-state index in [1.54, 1.807) is 0 Å². The highest BCUT2D eigenvalue weighted by atomic mass is 28.4. The van der Waals surface area contributed by atoms with Crippen molar-refractivity contribution in [2.45, 2.75) is 82.9 Å². The third-order valence-electron chi connectivity index (χ3n) is 9.40. The summed E-state index contributed by atoms with van der Waals surface area (Å²) in [5.41, 5.74) is 3.93. The van der Waals surface area contributed by atoms with Crippen molar-refractivity contribution >= 4 is 20.3 Å². The van der Waals surface area contributed by atoms with E-state index in [1.165, 1.54) is 5.56 Å². The van der Waals surface area contributed by atoms with Gasteiger partial charge < -0.3 is 13.9 Å². The molecule has 0 bridgehead atoms. The smallest absolute Gasteiger partial charge is 0.338 e. The van der Waals surface area contributed by atoms with Crippen LogP contribution in [-0.4, -0.2) is 38.6 Å². The van der Waals surface area contributed by atoms with Crippen LogP contribution in [0.3, 0.4) is 0 Å². The molecule has 0 aromatic heterocycles. The maximum absolute atomic E-state index is 13.3. The van der Waals surface area contributed by atoms with Gasteiger partial charge in [0.2, 0.25) is 0 Å². The SMILES string of the molecule is CC(C)(C)[Si](C)(C)O[C@H](C=C[C@@H]1[C@H]2CC(=O)O[C@H]2C[C@H]1OC(=O)c1ccc(-c2ccccc2)cc1)CCc1ccccc1. The second kappa shape index (κ2) is 13.0. The first-order valence-corrected chi connectivity index (χ1v) is 18.4. The fourth-order valence-corrected chi connectivity index (χ4v) is 7.19. The normalized spacial score (nSPS) is 22.8. The summed E-state index contributed by atoms with van der Waals surface area (Å²) in [5.74, 6) is -0.656. The van der Waals surface area contributed by atoms with E-state index in [2.05, 4.69) is 70.3 Å². The predicted octanol–water partition coefficient (Wildman–Crippen LogP) is 8.41. The second-order valence-electron chi connectivity index (χ2n) is 13.4. The quantitative estimate of drug-likeness (QED) is 0.134. The molecule has 1 saturated carbocycles. The zero-order valence-corrected chi connectivity index (χ0v) is 27.0. The first-order chi connectivity index (χ1) is 20.5. The number of benzene rings is 3. The van der Waals surface area contributed by atoms with Gasteiger partial charge >= 0.3 is 11.9 Å². The van der Waals surface area contributed by atoms with Crippen LogP contribution in [0.15, 0.2) is 97.1 Å². The Bertz CT molecular complexity index is 1410. The Morgan fingerprint density at radius 1 is 0.953 bits per heavy atom. The first kappa shape index (κ1) is 31.0. The third-order valence-corrected chi connectivity index (χ3v) is 13.9. The highest BCUT2D eigenvalue weighted by Crippen LogP contribution is 2.44. The monoisotopic (exact) mass is 596 g/mol. The van der Waals surface area contributed by atoms with Crippen molar-refractivity contribution in [2.75, 3.05) is 0 Å². The Morgan fingerprint density at radius 2 is 1.58 bits per heavy atom. The van der Waals surface area contributed by atoms with Crippen molar-refractivity contribution < 1.29 is 23.5 Å². The topological polar surface area (TPSA) is 61.8 Å². The summed E-state index contributed by atoms with van der Waals surface area (Å²) in [6.07, 6.45) is 6.23. The van der Waals surface area contributed by atoms with Gasteiger partial charge in [-0.1, -0.05) is 106 Å². The summed E-state index contributed by atoms with van der Waals surface area (Å²) in [6.45, 7) is 11.3. The number of carbonyl (C=O) groups is 2. The fourth-order valence-electron chi connectivity index (χ4n) is 5.88. The Morgan fingerprint density at radius 3 is 2.23 bits per heavy atom. The van der Waals surface area contributed by atoms with Crippen LogP contribution in [0.4, 0.5) is 0 Å². The molecule has 1 saturated heterocycles. The molecule has 1 aliphatic carbocycles. The van der Waals surface area contributed by atoms with Gasteiger partial charge in [0.05, 0.1) is 18.1 Å². The van der Waals surface area contributed by atoms with Gasteiger partial charge in [-0.05, 0) is 59.8 Å². The molecule has 0 N–H and O–H groups in total. The molecule has 5 rings (SSSR count). The molecule has 1 aliphatic heterocycles. The van der Waals surface area contributed by atoms with E-state index in [9.17, 15) is 9.59 Å². The molecule has 5 atom stereocenters. The summed E-state index contributed by atoms with van der Waals surface area (Å²) >= 11 is 0. The number of hydrogen-bond acceptors (Lipinski definition) is 5. The van der Waals surface area contributed by atoms with Gasteiger partial charge in [-0.2, -0.15) is 0 Å². The minimum absolute atomic E-state index is 0.00958. The minimum Gasteiger partial charge on any atom is -0.462 e. The summed E-state index contributed by atoms with van der Waals surface area (Å²) in [4.78, 5) is 25.5. The van der Waals surface area contributed by atoms with Crippen LogP contribution in [-0.2, 0) is 25.1 Å². The number of fused-ring (bicyclic) bond motifs is 1. The average Bonchev–Trinajstić information content (AvgIpc) is 3.50. The Balaban J connectivity index is 1.33. The van der Waals surface area contributed by atoms with Gasteiger partial charge in [-0.15, -0.1) is 0 Å². The summed E-state index contributed by atoms with van der Waals surface area (Å²) < 4.78 is 18.7. The Hall–Kier alpha value is -3.48. The Labute approximate surface area is 257 Å². The standard InChI is InChI=1S/C37H44O5Si/c1-37(2,3)43(4,5)42-30(21-16-26-12-8-6-9-13-26)22-23-31-32-24-35(38)40-34(32)25-33(31)41-36(39)29-19-17-28(18-20-29)27-14-10-7-11-15-27/h6-15,17-20,22-23,30-34H,16,21,24-25H2,1-5H3/t30-,31+,32+,33+,34-/m0/s1. The van der Waals surface area contributed by atoms with Crippen molar-refractivity contribution in [1.29, 1.82) is 0 Å². The van der Waals surface area contributed by atoms with Gasteiger partial charge in [-0.25, -0.2) is 4.79 Å². The van der Waals surface area contributed by atoms with Crippen molar-refractivity contribution in [1.82, 2.24) is 0 Å². The minimum atomic E-state index is -2.05. The molecular formula is C37H44O5Si. The van der Waals surface area contributed by atoms with E-state index in [0.717, 1.165) is 24.0 Å². The molecule has 0 unspecified atom stereocenters. The van der Waals surface area contributed by atoms with E-state index < -0.39 is 8.32 Å². The molecule has 6 heteroatoms. The number of esters is 2. The molecular weight excluding hydrogens is 552 g/mol. The average molecular weight is 597 g/mol. The molecule has 0 amide bonds. The lowest BCUT2D eigenvalue weighted by molar-refractivity contribution is -0.141. The van der Waals surface area contributed by atoms with Gasteiger partial charge in [0.25, 0.3) is 0 Å². The number of hydrogen-bond donors (Lipinski definition) is 0. The Kier molecular flexibility index (Phi) is 9.38. The third kappa shape index (κ3) is 7.54. The molecule has 43 heavy (non-hydrogen) atoms. The van der Waals surface area contributed by atoms with Crippen LogP contribution in [0.5, 0.6) is 0 Å². The van der Waals surface area contributed by atoms with Crippen molar-refractivity contribution in [3.05, 3.63) is 108 Å². The van der Waals surface area contributed by atoms with Crippen LogP contribution in [0.25, 0.3) is 11.1 Å².